The van der Waals surface area contributed by atoms with E-state index in [9.17, 15) is 9.59 Å². The Hall–Kier alpha value is -3.53. The van der Waals surface area contributed by atoms with Crippen molar-refractivity contribution in [2.24, 2.45) is 5.41 Å². The van der Waals surface area contributed by atoms with E-state index in [1.54, 1.807) is 31.4 Å². The number of rotatable bonds is 5. The van der Waals surface area contributed by atoms with Crippen molar-refractivity contribution in [1.82, 2.24) is 29.7 Å². The molecular weight excluding hydrogens is 468 g/mol. The van der Waals surface area contributed by atoms with Gasteiger partial charge in [0, 0.05) is 38.3 Å². The molecule has 37 heavy (non-hydrogen) atoms. The van der Waals surface area contributed by atoms with Crippen molar-refractivity contribution in [2.75, 3.05) is 43.9 Å². The van der Waals surface area contributed by atoms with Crippen molar-refractivity contribution in [3.8, 4) is 0 Å². The second kappa shape index (κ2) is 9.41. The monoisotopic (exact) mass is 502 g/mol. The van der Waals surface area contributed by atoms with Crippen LogP contribution in [0.25, 0.3) is 11.0 Å². The van der Waals surface area contributed by atoms with Crippen LogP contribution in [0.1, 0.15) is 61.5 Å². The van der Waals surface area contributed by atoms with Crippen LogP contribution in [0.5, 0.6) is 0 Å². The topological polar surface area (TPSA) is 108 Å². The van der Waals surface area contributed by atoms with E-state index in [2.05, 4.69) is 25.2 Å². The number of anilines is 3. The number of nitrogens with one attached hydrogen (secondary N) is 2. The quantitative estimate of drug-likeness (QED) is 0.550. The molecule has 10 heteroatoms. The third kappa shape index (κ3) is 4.22. The number of carbonyl (C=O) groups excluding carboxylic acids is 2. The molecule has 0 radical (unpaired) electrons. The number of aromatic nitrogens is 4. The van der Waals surface area contributed by atoms with Crippen LogP contribution >= 0.6 is 0 Å². The first kappa shape index (κ1) is 23.8. The lowest BCUT2D eigenvalue weighted by atomic mass is 9.78. The first-order valence-electron chi connectivity index (χ1n) is 13.3. The molecule has 0 bridgehead atoms. The second-order valence-electron chi connectivity index (χ2n) is 10.8. The average Bonchev–Trinajstić information content (AvgIpc) is 3.63. The van der Waals surface area contributed by atoms with Gasteiger partial charge >= 0.3 is 0 Å². The molecule has 1 spiro atoms. The first-order valence-corrected chi connectivity index (χ1v) is 13.3. The lowest BCUT2D eigenvalue weighted by molar-refractivity contribution is -0.126. The highest BCUT2D eigenvalue weighted by molar-refractivity contribution is 6.00. The second-order valence-corrected chi connectivity index (χ2v) is 10.8. The van der Waals surface area contributed by atoms with Crippen LogP contribution in [0.15, 0.2) is 30.6 Å². The third-order valence-electron chi connectivity index (χ3n) is 8.26. The largest absolute Gasteiger partial charge is 0.343 e. The highest BCUT2D eigenvalue weighted by atomic mass is 16.2. The maximum absolute atomic E-state index is 13.2. The number of piperidine rings is 1. The minimum Gasteiger partial charge on any atom is -0.343 e. The smallest absolute Gasteiger partial charge is 0.270 e. The van der Waals surface area contributed by atoms with Crippen molar-refractivity contribution in [3.63, 3.8) is 0 Å². The van der Waals surface area contributed by atoms with Crippen LogP contribution in [0.2, 0.25) is 0 Å². The Kier molecular flexibility index (Phi) is 6.06. The molecule has 10 nitrogen and oxygen atoms in total. The fourth-order valence-corrected chi connectivity index (χ4v) is 6.16. The number of amides is 2. The molecule has 2 amide bonds. The summed E-state index contributed by atoms with van der Waals surface area (Å²) in [5.41, 5.74) is 2.03. The maximum atomic E-state index is 13.2. The molecular formula is C27H34N8O2. The van der Waals surface area contributed by atoms with E-state index >= 15 is 0 Å². The van der Waals surface area contributed by atoms with Crippen LogP contribution < -0.4 is 15.5 Å². The Balaban J connectivity index is 1.24. The number of nitrogens with zero attached hydrogens (tertiary/aromatic N) is 6. The Labute approximate surface area is 216 Å². The zero-order valence-corrected chi connectivity index (χ0v) is 21.5. The van der Waals surface area contributed by atoms with E-state index in [-0.39, 0.29) is 23.3 Å². The minimum atomic E-state index is -0.216. The van der Waals surface area contributed by atoms with E-state index in [1.807, 2.05) is 23.1 Å². The third-order valence-corrected chi connectivity index (χ3v) is 8.26. The lowest BCUT2D eigenvalue weighted by Crippen LogP contribution is -2.42. The van der Waals surface area contributed by atoms with Crippen LogP contribution in [-0.4, -0.2) is 70.0 Å². The molecule has 2 aliphatic heterocycles. The SMILES string of the molecule is CN(C)C(=O)c1cc2cnc(Nc3ccc(N4CCC5(CCNCC5)C4=O)cn3)nc2n1C1CCCC1. The normalized spacial score (nSPS) is 19.7. The molecule has 3 aliphatic rings. The van der Waals surface area contributed by atoms with Gasteiger partial charge in [-0.3, -0.25) is 9.59 Å². The van der Waals surface area contributed by atoms with Gasteiger partial charge in [-0.1, -0.05) is 12.8 Å². The van der Waals surface area contributed by atoms with Crippen LogP contribution in [0.4, 0.5) is 17.5 Å². The van der Waals surface area contributed by atoms with Gasteiger partial charge in [0.05, 0.1) is 17.3 Å². The number of hydrogen-bond acceptors (Lipinski definition) is 7. The standard InChI is InChI=1S/C27H34N8O2/c1-33(2)24(36)21-15-18-16-30-26(32-23(18)35(21)19-5-3-4-6-19)31-22-8-7-20(17-29-22)34-14-11-27(25(34)37)9-12-28-13-10-27/h7-8,15-17,19,28H,3-6,9-14H2,1-2H3,(H,29,30,31,32). The van der Waals surface area contributed by atoms with Gasteiger partial charge in [0.15, 0.2) is 0 Å². The van der Waals surface area contributed by atoms with Gasteiger partial charge in [0.25, 0.3) is 5.91 Å². The molecule has 0 aromatic carbocycles. The summed E-state index contributed by atoms with van der Waals surface area (Å²) >= 11 is 0. The van der Waals surface area contributed by atoms with Gasteiger partial charge in [-0.25, -0.2) is 9.97 Å². The number of carbonyl (C=O) groups is 2. The zero-order chi connectivity index (χ0) is 25.6. The Bertz CT molecular complexity index is 1320. The lowest BCUT2D eigenvalue weighted by Gasteiger charge is -2.32. The van der Waals surface area contributed by atoms with E-state index in [0.717, 1.165) is 81.3 Å². The highest BCUT2D eigenvalue weighted by Crippen LogP contribution is 2.41. The summed E-state index contributed by atoms with van der Waals surface area (Å²) in [6.45, 7) is 2.54. The van der Waals surface area contributed by atoms with Gasteiger partial charge in [0.1, 0.15) is 17.2 Å². The molecule has 2 N–H and O–H groups in total. The van der Waals surface area contributed by atoms with Crippen molar-refractivity contribution in [1.29, 1.82) is 0 Å². The average molecular weight is 503 g/mol. The first-order chi connectivity index (χ1) is 17.9. The summed E-state index contributed by atoms with van der Waals surface area (Å²) < 4.78 is 2.10. The van der Waals surface area contributed by atoms with Gasteiger partial charge in [-0.05, 0) is 63.4 Å². The van der Waals surface area contributed by atoms with E-state index in [1.165, 1.54) is 0 Å². The molecule has 194 valence electrons. The number of fused-ring (bicyclic) bond motifs is 1. The highest BCUT2D eigenvalue weighted by Gasteiger charge is 2.47. The number of hydrogen-bond donors (Lipinski definition) is 2. The molecule has 3 aromatic heterocycles. The van der Waals surface area contributed by atoms with Gasteiger partial charge in [0.2, 0.25) is 11.9 Å². The predicted octanol–water partition coefficient (Wildman–Crippen LogP) is 3.49. The molecule has 5 heterocycles. The predicted molar refractivity (Wildman–Crippen MR) is 142 cm³/mol. The fraction of sp³-hybridized carbons (Fsp3) is 0.519. The summed E-state index contributed by atoms with van der Waals surface area (Å²) in [4.78, 5) is 43.5. The van der Waals surface area contributed by atoms with E-state index in [0.29, 0.717) is 17.5 Å². The maximum Gasteiger partial charge on any atom is 0.270 e. The van der Waals surface area contributed by atoms with Crippen molar-refractivity contribution in [3.05, 3.63) is 36.3 Å². The molecule has 0 atom stereocenters. The van der Waals surface area contributed by atoms with Crippen molar-refractivity contribution in [2.45, 2.75) is 51.0 Å². The van der Waals surface area contributed by atoms with Crippen LogP contribution in [0.3, 0.4) is 0 Å². The molecule has 1 saturated carbocycles. The van der Waals surface area contributed by atoms with Crippen LogP contribution in [0, 0.1) is 5.41 Å². The summed E-state index contributed by atoms with van der Waals surface area (Å²) in [5.74, 6) is 1.23. The Morgan fingerprint density at radius 3 is 2.59 bits per heavy atom. The molecule has 3 fully saturated rings. The Morgan fingerprint density at radius 2 is 1.89 bits per heavy atom. The summed E-state index contributed by atoms with van der Waals surface area (Å²) in [7, 11) is 3.55. The van der Waals surface area contributed by atoms with E-state index < -0.39 is 0 Å². The molecule has 1 aliphatic carbocycles. The van der Waals surface area contributed by atoms with Gasteiger partial charge in [-0.15, -0.1) is 0 Å². The summed E-state index contributed by atoms with van der Waals surface area (Å²) in [6, 6.07) is 5.95. The molecule has 3 aromatic rings. The fourth-order valence-electron chi connectivity index (χ4n) is 6.16. The Morgan fingerprint density at radius 1 is 1.11 bits per heavy atom. The molecule has 6 rings (SSSR count). The number of pyridine rings is 1. The minimum absolute atomic E-state index is 0.0283. The molecule has 0 unspecified atom stereocenters. The summed E-state index contributed by atoms with van der Waals surface area (Å²) in [6.07, 6.45) is 10.6. The molecule has 2 saturated heterocycles. The zero-order valence-electron chi connectivity index (χ0n) is 21.5. The van der Waals surface area contributed by atoms with E-state index in [4.69, 9.17) is 4.98 Å². The summed E-state index contributed by atoms with van der Waals surface area (Å²) in [5, 5.41) is 7.42. The van der Waals surface area contributed by atoms with Gasteiger partial charge in [-0.2, -0.15) is 4.98 Å². The van der Waals surface area contributed by atoms with Crippen molar-refractivity contribution >= 4 is 40.3 Å². The van der Waals surface area contributed by atoms with Crippen LogP contribution in [-0.2, 0) is 4.79 Å². The van der Waals surface area contributed by atoms with Crippen molar-refractivity contribution < 1.29 is 9.59 Å². The van der Waals surface area contributed by atoms with Gasteiger partial charge < -0.3 is 25.0 Å².